The van der Waals surface area contributed by atoms with E-state index in [4.69, 9.17) is 24.4 Å². The van der Waals surface area contributed by atoms with Crippen molar-refractivity contribution in [1.82, 2.24) is 10.6 Å². The number of aryl methyl sites for hydroxylation is 1. The van der Waals surface area contributed by atoms with Crippen molar-refractivity contribution < 1.29 is 0 Å². The van der Waals surface area contributed by atoms with Crippen molar-refractivity contribution in [2.75, 3.05) is 5.32 Å². The van der Waals surface area contributed by atoms with Gasteiger partial charge < -0.3 is 16.0 Å². The topological polar surface area (TPSA) is 36.1 Å². The lowest BCUT2D eigenvalue weighted by atomic mass is 9.91. The van der Waals surface area contributed by atoms with Crippen LogP contribution < -0.4 is 16.0 Å². The molecule has 0 amide bonds. The van der Waals surface area contributed by atoms with Crippen LogP contribution in [-0.2, 0) is 0 Å². The lowest BCUT2D eigenvalue weighted by Crippen LogP contribution is -2.45. The van der Waals surface area contributed by atoms with Gasteiger partial charge in [-0.3, -0.25) is 0 Å². The van der Waals surface area contributed by atoms with Gasteiger partial charge in [0.2, 0.25) is 0 Å². The molecule has 0 spiro atoms. The number of fused-ring (bicyclic) bond motifs is 1. The Kier molecular flexibility index (Phi) is 5.11. The molecule has 3 nitrogen and oxygen atoms in total. The molecule has 3 N–H and O–H groups in total. The number of allylic oxidation sites excluding steroid dienone is 1. The summed E-state index contributed by atoms with van der Waals surface area (Å²) in [4.78, 5) is 0.682. The molecule has 0 bridgehead atoms. The van der Waals surface area contributed by atoms with Crippen LogP contribution in [0.3, 0.4) is 0 Å². The monoisotopic (exact) mass is 403 g/mol. The van der Waals surface area contributed by atoms with Gasteiger partial charge in [0.15, 0.2) is 5.11 Å². The summed E-state index contributed by atoms with van der Waals surface area (Å²) >= 11 is 11.3. The third-order valence-corrected chi connectivity index (χ3v) is 5.50. The molecule has 3 aromatic carbocycles. The molecule has 0 saturated heterocycles. The van der Waals surface area contributed by atoms with Crippen molar-refractivity contribution in [3.63, 3.8) is 0 Å². The maximum atomic E-state index is 5.81. The van der Waals surface area contributed by atoms with Crippen molar-refractivity contribution in [3.8, 4) is 0 Å². The molecule has 3 aromatic rings. The summed E-state index contributed by atoms with van der Waals surface area (Å²) in [5.41, 5.74) is 5.31. The van der Waals surface area contributed by atoms with Crippen LogP contribution in [0.2, 0.25) is 0 Å². The van der Waals surface area contributed by atoms with Crippen LogP contribution in [0.15, 0.2) is 78.0 Å². The van der Waals surface area contributed by atoms with Crippen molar-refractivity contribution in [2.45, 2.75) is 19.9 Å². The minimum absolute atomic E-state index is 0.120. The molecule has 5 heteroatoms. The number of benzene rings is 3. The number of anilines is 1. The Bertz CT molecular complexity index is 1100. The molecule has 0 saturated carbocycles. The minimum Gasteiger partial charge on any atom is -0.351 e. The van der Waals surface area contributed by atoms with Crippen LogP contribution in [0.25, 0.3) is 10.8 Å². The molecule has 1 heterocycles. The second-order valence-electron chi connectivity index (χ2n) is 6.96. The zero-order valence-corrected chi connectivity index (χ0v) is 17.4. The van der Waals surface area contributed by atoms with E-state index >= 15 is 0 Å². The Morgan fingerprint density at radius 2 is 1.64 bits per heavy atom. The van der Waals surface area contributed by atoms with Crippen LogP contribution in [0.1, 0.15) is 24.1 Å². The number of hydrogen-bond acceptors (Lipinski definition) is 2. The average molecular weight is 404 g/mol. The molecule has 0 aliphatic carbocycles. The predicted molar refractivity (Wildman–Crippen MR) is 126 cm³/mol. The van der Waals surface area contributed by atoms with Gasteiger partial charge >= 0.3 is 0 Å². The maximum Gasteiger partial charge on any atom is 0.171 e. The van der Waals surface area contributed by atoms with Crippen molar-refractivity contribution in [1.29, 1.82) is 0 Å². The van der Waals surface area contributed by atoms with Gasteiger partial charge in [-0.2, -0.15) is 0 Å². The molecule has 0 radical (unpaired) electrons. The zero-order chi connectivity index (χ0) is 19.7. The Labute approximate surface area is 175 Å². The van der Waals surface area contributed by atoms with Gasteiger partial charge in [-0.15, -0.1) is 0 Å². The van der Waals surface area contributed by atoms with Crippen LogP contribution >= 0.6 is 24.4 Å². The van der Waals surface area contributed by atoms with E-state index in [0.717, 1.165) is 22.5 Å². The van der Waals surface area contributed by atoms with Crippen LogP contribution in [0, 0.1) is 6.92 Å². The highest BCUT2D eigenvalue weighted by atomic mass is 32.1. The summed E-state index contributed by atoms with van der Waals surface area (Å²) in [6.45, 7) is 4.09. The van der Waals surface area contributed by atoms with Crippen molar-refractivity contribution >= 4 is 51.0 Å². The van der Waals surface area contributed by atoms with Crippen molar-refractivity contribution in [2.24, 2.45) is 0 Å². The summed E-state index contributed by atoms with van der Waals surface area (Å²) in [7, 11) is 0. The van der Waals surface area contributed by atoms with E-state index in [9.17, 15) is 0 Å². The summed E-state index contributed by atoms with van der Waals surface area (Å²) in [5.74, 6) is 0. The zero-order valence-electron chi connectivity index (χ0n) is 15.7. The SMILES string of the molecule is CC1=C(C(=S)Nc2ccc(C)cc2)[C@H](c2cccc3ccccc23)NC(=S)N1. The van der Waals surface area contributed by atoms with E-state index in [1.54, 1.807) is 0 Å². The number of thiocarbonyl (C=S) groups is 2. The molecule has 4 rings (SSSR count). The van der Waals surface area contributed by atoms with E-state index in [1.165, 1.54) is 16.3 Å². The number of nitrogens with one attached hydrogen (secondary N) is 3. The van der Waals surface area contributed by atoms with E-state index < -0.39 is 0 Å². The third kappa shape index (κ3) is 3.63. The summed E-state index contributed by atoms with van der Waals surface area (Å²) in [6.07, 6.45) is 0. The standard InChI is InChI=1S/C23H21N3S2/c1-14-10-12-17(13-11-14)25-22(27)20-15(2)24-23(28)26-21(20)19-9-5-7-16-6-3-4-8-18(16)19/h3-13,21H,1-2H3,(H,25,27)(H2,24,26,28)/t21-/m0/s1. The van der Waals surface area contributed by atoms with Gasteiger partial charge in [-0.05, 0) is 54.5 Å². The number of rotatable bonds is 3. The van der Waals surface area contributed by atoms with Crippen LogP contribution in [0.5, 0.6) is 0 Å². The fourth-order valence-corrected chi connectivity index (χ4v) is 4.23. The van der Waals surface area contributed by atoms with Gasteiger partial charge in [0, 0.05) is 17.0 Å². The molecule has 0 unspecified atom stereocenters. The Balaban J connectivity index is 1.76. The van der Waals surface area contributed by atoms with E-state index in [1.807, 2.05) is 19.1 Å². The fourth-order valence-electron chi connectivity index (χ4n) is 3.57. The predicted octanol–water partition coefficient (Wildman–Crippen LogP) is 5.38. The quantitative estimate of drug-likeness (QED) is 0.512. The molecule has 1 aliphatic rings. The molecule has 28 heavy (non-hydrogen) atoms. The van der Waals surface area contributed by atoms with E-state index in [-0.39, 0.29) is 6.04 Å². The highest BCUT2D eigenvalue weighted by Gasteiger charge is 2.28. The highest BCUT2D eigenvalue weighted by Crippen LogP contribution is 2.33. The highest BCUT2D eigenvalue weighted by molar-refractivity contribution is 7.81. The Morgan fingerprint density at radius 1 is 0.929 bits per heavy atom. The number of hydrogen-bond donors (Lipinski definition) is 3. The summed E-state index contributed by atoms with van der Waals surface area (Å²) < 4.78 is 0. The lowest BCUT2D eigenvalue weighted by Gasteiger charge is -2.32. The summed E-state index contributed by atoms with van der Waals surface area (Å²) in [6, 6.07) is 22.8. The van der Waals surface area contributed by atoms with Crippen LogP contribution in [0.4, 0.5) is 5.69 Å². The second-order valence-corrected chi connectivity index (χ2v) is 7.78. The third-order valence-electron chi connectivity index (χ3n) is 4.96. The molecule has 1 aliphatic heterocycles. The van der Waals surface area contributed by atoms with Gasteiger partial charge in [0.25, 0.3) is 0 Å². The summed E-state index contributed by atoms with van der Waals surface area (Å²) in [5, 5.41) is 13.0. The molecule has 1 atom stereocenters. The first-order chi connectivity index (χ1) is 13.5. The molecular weight excluding hydrogens is 382 g/mol. The molecule has 0 aromatic heterocycles. The molecule has 0 fully saturated rings. The lowest BCUT2D eigenvalue weighted by molar-refractivity contribution is 0.722. The fraction of sp³-hybridized carbons (Fsp3) is 0.130. The van der Waals surface area contributed by atoms with Gasteiger partial charge in [0.05, 0.1) is 6.04 Å². The average Bonchev–Trinajstić information content (AvgIpc) is 2.68. The van der Waals surface area contributed by atoms with E-state index in [0.29, 0.717) is 10.1 Å². The smallest absolute Gasteiger partial charge is 0.171 e. The Morgan fingerprint density at radius 3 is 2.43 bits per heavy atom. The van der Waals surface area contributed by atoms with Crippen molar-refractivity contribution in [3.05, 3.63) is 89.1 Å². The molecular formula is C23H21N3S2. The first-order valence-electron chi connectivity index (χ1n) is 9.17. The Hall–Kier alpha value is -2.76. The maximum absolute atomic E-state index is 5.81. The first kappa shape index (κ1) is 18.6. The van der Waals surface area contributed by atoms with Gasteiger partial charge in [-0.25, -0.2) is 0 Å². The molecule has 140 valence electrons. The first-order valence-corrected chi connectivity index (χ1v) is 9.98. The second kappa shape index (κ2) is 7.70. The van der Waals surface area contributed by atoms with E-state index in [2.05, 4.69) is 77.5 Å². The van der Waals surface area contributed by atoms with Crippen LogP contribution in [-0.4, -0.2) is 10.1 Å². The van der Waals surface area contributed by atoms with Gasteiger partial charge in [-0.1, -0.05) is 72.4 Å². The largest absolute Gasteiger partial charge is 0.351 e. The normalized spacial score (nSPS) is 16.5. The van der Waals surface area contributed by atoms with Gasteiger partial charge in [0.1, 0.15) is 4.99 Å². The minimum atomic E-state index is -0.120.